The van der Waals surface area contributed by atoms with Crippen LogP contribution in [-0.4, -0.2) is 35.3 Å². The lowest BCUT2D eigenvalue weighted by molar-refractivity contribution is 0.0913. The van der Waals surface area contributed by atoms with Crippen molar-refractivity contribution in [2.75, 3.05) is 13.2 Å². The Balaban J connectivity index is 1.43. The summed E-state index contributed by atoms with van der Waals surface area (Å²) in [5, 5.41) is 14.0. The first-order valence-electron chi connectivity index (χ1n) is 10.6. The number of benzene rings is 3. The van der Waals surface area contributed by atoms with Gasteiger partial charge in [-0.05, 0) is 59.0 Å². The fourth-order valence-corrected chi connectivity index (χ4v) is 4.30. The van der Waals surface area contributed by atoms with Crippen molar-refractivity contribution in [3.8, 4) is 16.9 Å². The predicted molar refractivity (Wildman–Crippen MR) is 121 cm³/mol. The smallest absolute Gasteiger partial charge is 0.255 e. The van der Waals surface area contributed by atoms with E-state index in [4.69, 9.17) is 4.74 Å². The van der Waals surface area contributed by atoms with Gasteiger partial charge in [0.25, 0.3) is 5.91 Å². The molecule has 162 valence electrons. The second-order valence-electron chi connectivity index (χ2n) is 8.04. The van der Waals surface area contributed by atoms with Crippen LogP contribution in [0.3, 0.4) is 0 Å². The molecule has 0 fully saturated rings. The number of nitrogens with one attached hydrogen (secondary N) is 2. The third-order valence-corrected chi connectivity index (χ3v) is 5.88. The maximum Gasteiger partial charge on any atom is 0.255 e. The molecule has 5 nitrogen and oxygen atoms in total. The maximum atomic E-state index is 13.8. The minimum Gasteiger partial charge on any atom is -0.492 e. The lowest BCUT2D eigenvalue weighted by Crippen LogP contribution is -2.39. The van der Waals surface area contributed by atoms with Crippen LogP contribution in [0.15, 0.2) is 66.9 Å². The molecule has 5 rings (SSSR count). The molecule has 3 N–H and O–H groups in total. The number of carbonyl (C=O) groups is 1. The lowest BCUT2D eigenvalue weighted by atomic mass is 9.97. The summed E-state index contributed by atoms with van der Waals surface area (Å²) in [4.78, 5) is 16.5. The van der Waals surface area contributed by atoms with Crippen LogP contribution >= 0.6 is 0 Å². The van der Waals surface area contributed by atoms with Gasteiger partial charge < -0.3 is 20.1 Å². The Bertz CT molecular complexity index is 1300. The number of hydrogen-bond donors (Lipinski definition) is 3. The van der Waals surface area contributed by atoms with Crippen LogP contribution < -0.4 is 10.1 Å². The van der Waals surface area contributed by atoms with Crippen LogP contribution in [0.4, 0.5) is 4.39 Å². The highest BCUT2D eigenvalue weighted by molar-refractivity contribution is 5.99. The van der Waals surface area contributed by atoms with Gasteiger partial charge in [-0.1, -0.05) is 30.3 Å². The first-order valence-corrected chi connectivity index (χ1v) is 10.6. The van der Waals surface area contributed by atoms with Crippen molar-refractivity contribution in [2.45, 2.75) is 18.9 Å². The summed E-state index contributed by atoms with van der Waals surface area (Å²) in [7, 11) is 0. The normalized spacial score (nSPS) is 13.6. The first-order chi connectivity index (χ1) is 15.6. The van der Waals surface area contributed by atoms with Gasteiger partial charge in [0, 0.05) is 23.5 Å². The van der Waals surface area contributed by atoms with E-state index < -0.39 is 6.04 Å². The van der Waals surface area contributed by atoms with Crippen molar-refractivity contribution in [1.29, 1.82) is 0 Å². The summed E-state index contributed by atoms with van der Waals surface area (Å²) in [6.45, 7) is 0.304. The van der Waals surface area contributed by atoms with Crippen LogP contribution in [0, 0.1) is 5.82 Å². The van der Waals surface area contributed by atoms with Gasteiger partial charge in [0.05, 0.1) is 24.8 Å². The fraction of sp³-hybridized carbons (Fsp3) is 0.192. The minimum atomic E-state index is -0.461. The number of halogens is 1. The van der Waals surface area contributed by atoms with Gasteiger partial charge in [0.2, 0.25) is 0 Å². The Morgan fingerprint density at radius 1 is 1.12 bits per heavy atom. The Labute approximate surface area is 184 Å². The molecule has 1 aliphatic rings. The number of H-pyrrole nitrogens is 1. The first kappa shape index (κ1) is 20.3. The zero-order valence-corrected chi connectivity index (χ0v) is 17.4. The highest BCUT2D eigenvalue weighted by Crippen LogP contribution is 2.35. The molecular weight excluding hydrogens is 407 g/mol. The van der Waals surface area contributed by atoms with Crippen molar-refractivity contribution in [1.82, 2.24) is 10.3 Å². The van der Waals surface area contributed by atoms with E-state index in [1.54, 1.807) is 12.1 Å². The number of aliphatic hydroxyl groups is 1. The topological polar surface area (TPSA) is 74.4 Å². The van der Waals surface area contributed by atoms with Crippen LogP contribution in [0.2, 0.25) is 0 Å². The summed E-state index contributed by atoms with van der Waals surface area (Å²) in [6, 6.07) is 17.5. The molecule has 0 radical (unpaired) electrons. The van der Waals surface area contributed by atoms with E-state index in [9.17, 15) is 14.3 Å². The molecule has 0 aliphatic carbocycles. The lowest BCUT2D eigenvalue weighted by Gasteiger charge is -2.18. The molecule has 6 heteroatoms. The zero-order valence-electron chi connectivity index (χ0n) is 17.4. The number of aliphatic hydroxyl groups excluding tert-OH is 1. The van der Waals surface area contributed by atoms with Crippen LogP contribution in [0.5, 0.6) is 5.75 Å². The molecule has 2 heterocycles. The number of para-hydroxylation sites is 1. The van der Waals surface area contributed by atoms with Gasteiger partial charge in [-0.25, -0.2) is 4.39 Å². The van der Waals surface area contributed by atoms with Crippen molar-refractivity contribution in [2.24, 2.45) is 0 Å². The standard InChI is InChI=1S/C26H23FN2O3/c27-20-5-3-4-16(11-20)18-10-17-8-9-32-25(17)23(13-18)26(31)29-21(15-30)12-19-14-28-24-7-2-1-6-22(19)24/h1-7,10-11,13-14,21,28,30H,8-9,12,15H2,(H,29,31)/t21-/m1/s1. The number of fused-ring (bicyclic) bond motifs is 2. The number of aromatic amines is 1. The molecule has 1 amide bonds. The van der Waals surface area contributed by atoms with Crippen molar-refractivity contribution < 1.29 is 19.0 Å². The second kappa shape index (κ2) is 8.48. The molecule has 0 spiro atoms. The summed E-state index contributed by atoms with van der Waals surface area (Å²) < 4.78 is 19.5. The van der Waals surface area contributed by atoms with Gasteiger partial charge >= 0.3 is 0 Å². The predicted octanol–water partition coefficient (Wildman–Crippen LogP) is 4.24. The monoisotopic (exact) mass is 430 g/mol. The highest BCUT2D eigenvalue weighted by Gasteiger charge is 2.24. The molecule has 32 heavy (non-hydrogen) atoms. The number of aromatic nitrogens is 1. The van der Waals surface area contributed by atoms with E-state index in [0.29, 0.717) is 36.3 Å². The SMILES string of the molecule is O=C(N[C@@H](CO)Cc1c[nH]c2ccccc12)c1cc(-c2cccc(F)c2)cc2c1OCC2. The Kier molecular flexibility index (Phi) is 5.37. The molecule has 1 aliphatic heterocycles. The summed E-state index contributed by atoms with van der Waals surface area (Å²) in [5.74, 6) is -0.0870. The largest absolute Gasteiger partial charge is 0.492 e. The van der Waals surface area contributed by atoms with E-state index in [0.717, 1.165) is 27.6 Å². The molecule has 0 saturated heterocycles. The van der Waals surface area contributed by atoms with E-state index in [-0.39, 0.29) is 18.3 Å². The molecule has 0 bridgehead atoms. The number of carbonyl (C=O) groups excluding carboxylic acids is 1. The summed E-state index contributed by atoms with van der Waals surface area (Å²) in [5.41, 5.74) is 4.82. The Morgan fingerprint density at radius 3 is 2.84 bits per heavy atom. The number of rotatable bonds is 6. The zero-order chi connectivity index (χ0) is 22.1. The fourth-order valence-electron chi connectivity index (χ4n) is 4.30. The van der Waals surface area contributed by atoms with Crippen molar-refractivity contribution in [3.05, 3.63) is 89.4 Å². The Morgan fingerprint density at radius 2 is 2.00 bits per heavy atom. The van der Waals surface area contributed by atoms with Gasteiger partial charge in [-0.2, -0.15) is 0 Å². The highest BCUT2D eigenvalue weighted by atomic mass is 19.1. The van der Waals surface area contributed by atoms with Crippen LogP contribution in [-0.2, 0) is 12.8 Å². The quantitative estimate of drug-likeness (QED) is 0.428. The van der Waals surface area contributed by atoms with Crippen molar-refractivity contribution in [3.63, 3.8) is 0 Å². The average molecular weight is 430 g/mol. The summed E-state index contributed by atoms with van der Waals surface area (Å²) in [6.07, 6.45) is 3.08. The van der Waals surface area contributed by atoms with Crippen molar-refractivity contribution >= 4 is 16.8 Å². The third-order valence-electron chi connectivity index (χ3n) is 5.88. The number of hydrogen-bond acceptors (Lipinski definition) is 3. The molecular formula is C26H23FN2O3. The number of amides is 1. The minimum absolute atomic E-state index is 0.197. The molecule has 3 aromatic carbocycles. The van der Waals surface area contributed by atoms with Gasteiger partial charge in [0.15, 0.2) is 0 Å². The average Bonchev–Trinajstić information content (AvgIpc) is 3.45. The number of ether oxygens (including phenoxy) is 1. The van der Waals surface area contributed by atoms with Gasteiger partial charge in [-0.15, -0.1) is 0 Å². The summed E-state index contributed by atoms with van der Waals surface area (Å²) >= 11 is 0. The Hall–Kier alpha value is -3.64. The molecule has 1 aromatic heterocycles. The van der Waals surface area contributed by atoms with Crippen LogP contribution in [0.1, 0.15) is 21.5 Å². The molecule has 4 aromatic rings. The second-order valence-corrected chi connectivity index (χ2v) is 8.04. The van der Waals surface area contributed by atoms with E-state index in [2.05, 4.69) is 10.3 Å². The van der Waals surface area contributed by atoms with Crippen LogP contribution in [0.25, 0.3) is 22.0 Å². The van der Waals surface area contributed by atoms with E-state index >= 15 is 0 Å². The third kappa shape index (κ3) is 3.85. The molecule has 1 atom stereocenters. The van der Waals surface area contributed by atoms with E-state index in [1.165, 1.54) is 12.1 Å². The van der Waals surface area contributed by atoms with E-state index in [1.807, 2.05) is 42.6 Å². The molecule has 0 saturated carbocycles. The van der Waals surface area contributed by atoms with Gasteiger partial charge in [0.1, 0.15) is 11.6 Å². The molecule has 0 unspecified atom stereocenters. The van der Waals surface area contributed by atoms with Gasteiger partial charge in [-0.3, -0.25) is 4.79 Å². The maximum absolute atomic E-state index is 13.8.